The first-order valence-electron chi connectivity index (χ1n) is 13.0. The van der Waals surface area contributed by atoms with E-state index in [1.165, 1.54) is 12.4 Å². The number of fused-ring (bicyclic) bond motifs is 5. The molecule has 1 fully saturated rings. The Kier molecular flexibility index (Phi) is 6.44. The molecule has 0 aliphatic carbocycles. The van der Waals surface area contributed by atoms with Gasteiger partial charge in [-0.25, -0.2) is 15.0 Å². The Labute approximate surface area is 226 Å². The maximum absolute atomic E-state index is 12.3. The molecule has 3 aromatic heterocycles. The van der Waals surface area contributed by atoms with Crippen molar-refractivity contribution >= 4 is 34.3 Å². The van der Waals surface area contributed by atoms with Crippen LogP contribution < -0.4 is 19.7 Å². The van der Waals surface area contributed by atoms with E-state index >= 15 is 0 Å². The monoisotopic (exact) mass is 523 g/mol. The number of anilines is 3. The molecule has 6 rings (SSSR count). The quantitative estimate of drug-likeness (QED) is 0.368. The lowest BCUT2D eigenvalue weighted by Crippen LogP contribution is -2.56. The van der Waals surface area contributed by atoms with Crippen LogP contribution in [0.15, 0.2) is 61.6 Å². The summed E-state index contributed by atoms with van der Waals surface area (Å²) in [5.74, 6) is 3.35. The molecule has 10 heteroatoms. The van der Waals surface area contributed by atoms with E-state index in [0.717, 1.165) is 34.9 Å². The zero-order valence-corrected chi connectivity index (χ0v) is 21.9. The van der Waals surface area contributed by atoms with Crippen molar-refractivity contribution < 1.29 is 14.3 Å². The van der Waals surface area contributed by atoms with E-state index in [1.807, 2.05) is 48.2 Å². The lowest BCUT2D eigenvalue weighted by atomic mass is 10.1. The molecule has 4 aromatic rings. The Balaban J connectivity index is 1.25. The highest BCUT2D eigenvalue weighted by Crippen LogP contribution is 2.36. The number of aryl methyl sites for hydroxylation is 2. The van der Waals surface area contributed by atoms with E-state index in [-0.39, 0.29) is 11.9 Å². The predicted octanol–water partition coefficient (Wildman–Crippen LogP) is 4.42. The fourth-order valence-corrected chi connectivity index (χ4v) is 4.95. The Hall–Kier alpha value is -4.73. The van der Waals surface area contributed by atoms with Crippen molar-refractivity contribution in [3.63, 3.8) is 0 Å². The van der Waals surface area contributed by atoms with Gasteiger partial charge in [-0.1, -0.05) is 13.5 Å². The third-order valence-electron chi connectivity index (χ3n) is 7.05. The highest BCUT2D eigenvalue weighted by atomic mass is 16.5. The summed E-state index contributed by atoms with van der Waals surface area (Å²) >= 11 is 0. The van der Waals surface area contributed by atoms with Gasteiger partial charge in [0, 0.05) is 37.1 Å². The van der Waals surface area contributed by atoms with Crippen LogP contribution in [0.3, 0.4) is 0 Å². The normalized spacial score (nSPS) is 16.2. The number of rotatable bonds is 6. The first-order valence-corrected chi connectivity index (χ1v) is 13.0. The van der Waals surface area contributed by atoms with E-state index in [9.17, 15) is 4.79 Å². The van der Waals surface area contributed by atoms with Crippen molar-refractivity contribution in [2.75, 3.05) is 36.5 Å². The van der Waals surface area contributed by atoms with Crippen LogP contribution in [0.1, 0.15) is 18.2 Å². The molecule has 198 valence electrons. The zero-order chi connectivity index (χ0) is 26.9. The van der Waals surface area contributed by atoms with Gasteiger partial charge in [0.25, 0.3) is 0 Å². The van der Waals surface area contributed by atoms with Crippen LogP contribution in [0, 0.1) is 6.92 Å². The van der Waals surface area contributed by atoms with E-state index in [2.05, 4.69) is 38.7 Å². The van der Waals surface area contributed by atoms with Gasteiger partial charge < -0.3 is 24.6 Å². The molecular weight excluding hydrogens is 494 g/mol. The van der Waals surface area contributed by atoms with Crippen LogP contribution in [0.5, 0.6) is 17.2 Å². The van der Waals surface area contributed by atoms with Crippen LogP contribution in [0.2, 0.25) is 0 Å². The summed E-state index contributed by atoms with van der Waals surface area (Å²) in [6.07, 6.45) is 5.50. The number of benzene rings is 1. The van der Waals surface area contributed by atoms with Crippen LogP contribution in [0.4, 0.5) is 17.3 Å². The lowest BCUT2D eigenvalue weighted by Gasteiger charge is -2.39. The summed E-state index contributed by atoms with van der Waals surface area (Å²) in [6, 6.07) is 11.6. The molecular formula is C29H29N7O3. The number of amides is 1. The van der Waals surface area contributed by atoms with Crippen LogP contribution in [-0.4, -0.2) is 63.0 Å². The van der Waals surface area contributed by atoms with Crippen molar-refractivity contribution in [3.8, 4) is 17.2 Å². The summed E-state index contributed by atoms with van der Waals surface area (Å²) < 4.78 is 12.2. The Morgan fingerprint density at radius 1 is 1.21 bits per heavy atom. The average molecular weight is 524 g/mol. The van der Waals surface area contributed by atoms with E-state index in [0.29, 0.717) is 54.6 Å². The van der Waals surface area contributed by atoms with Crippen molar-refractivity contribution in [2.24, 2.45) is 0 Å². The topological polar surface area (TPSA) is 106 Å². The standard InChI is InChI=1S/C29H29N7O3/c1-4-19-6-8-22(14-30-19)39-24-9-7-20(12-18(24)3)33-28-27-23(31-17-32-28)13-25-29(34-27)35-10-11-36(26(37)5-2)21(15-35)16-38-25/h5-9,12-14,17,21H,2,4,10-11,15-16H2,1,3H3,(H,31,32,33). The van der Waals surface area contributed by atoms with Crippen LogP contribution in [-0.2, 0) is 11.2 Å². The largest absolute Gasteiger partial charge is 0.487 e. The second-order valence-corrected chi connectivity index (χ2v) is 9.59. The molecule has 2 bridgehead atoms. The highest BCUT2D eigenvalue weighted by molar-refractivity contribution is 5.90. The molecule has 0 spiro atoms. The minimum Gasteiger partial charge on any atom is -0.487 e. The number of carbonyl (C=O) groups excluding carboxylic acids is 1. The van der Waals surface area contributed by atoms with Gasteiger partial charge in [-0.2, -0.15) is 0 Å². The summed E-state index contributed by atoms with van der Waals surface area (Å²) in [5.41, 5.74) is 4.15. The molecule has 10 nitrogen and oxygen atoms in total. The maximum Gasteiger partial charge on any atom is 0.246 e. The highest BCUT2D eigenvalue weighted by Gasteiger charge is 2.34. The van der Waals surface area contributed by atoms with Crippen LogP contribution in [0.25, 0.3) is 11.0 Å². The molecule has 2 aliphatic heterocycles. The van der Waals surface area contributed by atoms with Gasteiger partial charge in [0.1, 0.15) is 29.9 Å². The molecule has 5 heterocycles. The Morgan fingerprint density at radius 2 is 2.10 bits per heavy atom. The molecule has 1 atom stereocenters. The minimum atomic E-state index is -0.0811. The molecule has 0 saturated carbocycles. The van der Waals surface area contributed by atoms with Crippen molar-refractivity contribution in [2.45, 2.75) is 26.3 Å². The number of pyridine rings is 2. The number of hydrogen-bond acceptors (Lipinski definition) is 9. The fourth-order valence-electron chi connectivity index (χ4n) is 4.95. The minimum absolute atomic E-state index is 0.0747. The fraction of sp³-hybridized carbons (Fsp3) is 0.276. The molecule has 2 aliphatic rings. The van der Waals surface area contributed by atoms with Gasteiger partial charge in [-0.15, -0.1) is 0 Å². The maximum atomic E-state index is 12.3. The molecule has 39 heavy (non-hydrogen) atoms. The zero-order valence-electron chi connectivity index (χ0n) is 21.9. The molecule has 1 aromatic carbocycles. The third kappa shape index (κ3) is 4.81. The molecule has 1 unspecified atom stereocenters. The summed E-state index contributed by atoms with van der Waals surface area (Å²) in [7, 11) is 0. The number of nitrogens with zero attached hydrogens (tertiary/aromatic N) is 6. The van der Waals surface area contributed by atoms with Crippen molar-refractivity contribution in [1.29, 1.82) is 0 Å². The lowest BCUT2D eigenvalue weighted by molar-refractivity contribution is -0.129. The molecule has 1 saturated heterocycles. The first kappa shape index (κ1) is 24.6. The average Bonchev–Trinajstić information content (AvgIpc) is 3.09. The number of ether oxygens (including phenoxy) is 2. The summed E-state index contributed by atoms with van der Waals surface area (Å²) in [6.45, 7) is 9.96. The number of aromatic nitrogens is 4. The summed E-state index contributed by atoms with van der Waals surface area (Å²) in [4.78, 5) is 34.6. The molecule has 1 N–H and O–H groups in total. The van der Waals surface area contributed by atoms with Gasteiger partial charge in [-0.3, -0.25) is 9.78 Å². The third-order valence-corrected chi connectivity index (χ3v) is 7.05. The summed E-state index contributed by atoms with van der Waals surface area (Å²) in [5, 5.41) is 3.40. The number of carbonyl (C=O) groups is 1. The van der Waals surface area contributed by atoms with E-state index < -0.39 is 0 Å². The molecule has 0 radical (unpaired) electrons. The first-order chi connectivity index (χ1) is 19.0. The Morgan fingerprint density at radius 3 is 2.87 bits per heavy atom. The van der Waals surface area contributed by atoms with E-state index in [4.69, 9.17) is 14.5 Å². The van der Waals surface area contributed by atoms with Gasteiger partial charge in [0.15, 0.2) is 17.4 Å². The number of nitrogens with one attached hydrogen (secondary N) is 1. The Bertz CT molecular complexity index is 1560. The van der Waals surface area contributed by atoms with Crippen molar-refractivity contribution in [1.82, 2.24) is 24.8 Å². The number of hydrogen-bond donors (Lipinski definition) is 1. The second-order valence-electron chi connectivity index (χ2n) is 9.59. The smallest absolute Gasteiger partial charge is 0.246 e. The number of piperazine rings is 1. The second kappa shape index (κ2) is 10.2. The predicted molar refractivity (Wildman–Crippen MR) is 149 cm³/mol. The van der Waals surface area contributed by atoms with Gasteiger partial charge in [0.2, 0.25) is 5.91 Å². The SMILES string of the molecule is C=CC(=O)N1CCN2CC1COc1cc3ncnc(Nc4ccc(Oc5ccc(CC)nc5)c(C)c4)c3nc12. The molecule has 1 amide bonds. The van der Waals surface area contributed by atoms with Gasteiger partial charge in [0.05, 0.1) is 17.8 Å². The van der Waals surface area contributed by atoms with Crippen molar-refractivity contribution in [3.05, 3.63) is 72.8 Å². The van der Waals surface area contributed by atoms with Gasteiger partial charge in [-0.05, 0) is 55.3 Å². The van der Waals surface area contributed by atoms with E-state index in [1.54, 1.807) is 6.20 Å². The van der Waals surface area contributed by atoms with Gasteiger partial charge >= 0.3 is 0 Å². The van der Waals surface area contributed by atoms with Crippen LogP contribution >= 0.6 is 0 Å².